The van der Waals surface area contributed by atoms with Gasteiger partial charge < -0.3 is 4.74 Å². The van der Waals surface area contributed by atoms with Crippen LogP contribution in [0.2, 0.25) is 0 Å². The van der Waals surface area contributed by atoms with Crippen molar-refractivity contribution in [2.75, 3.05) is 26.2 Å². The number of ether oxygens (including phenoxy) is 1. The van der Waals surface area contributed by atoms with E-state index in [0.29, 0.717) is 22.8 Å². The minimum absolute atomic E-state index is 0.0494. The molecule has 142 valence electrons. The maximum Gasteiger partial charge on any atom is 0.240 e. The summed E-state index contributed by atoms with van der Waals surface area (Å²) in [4.78, 5) is 2.56. The van der Waals surface area contributed by atoms with Gasteiger partial charge in [0.05, 0.1) is 10.5 Å². The fraction of sp³-hybridized carbons (Fsp3) is 0.350. The Balaban J connectivity index is 1.43. The van der Waals surface area contributed by atoms with E-state index in [1.165, 1.54) is 0 Å². The topological polar surface area (TPSA) is 82.4 Å². The summed E-state index contributed by atoms with van der Waals surface area (Å²) in [5.74, 6) is 0.602. The molecule has 1 saturated heterocycles. The molecule has 1 aliphatic rings. The third-order valence-electron chi connectivity index (χ3n) is 4.64. The van der Waals surface area contributed by atoms with E-state index < -0.39 is 10.0 Å². The van der Waals surface area contributed by atoms with Crippen LogP contribution >= 0.6 is 0 Å². The molecule has 1 heterocycles. The summed E-state index contributed by atoms with van der Waals surface area (Å²) in [6.07, 6.45) is 1.53. The lowest BCUT2D eigenvalue weighted by atomic mass is 10.1. The highest BCUT2D eigenvalue weighted by atomic mass is 32.2. The molecule has 0 aliphatic carbocycles. The number of piperidine rings is 1. The molecule has 2 aromatic rings. The van der Waals surface area contributed by atoms with Crippen molar-refractivity contribution in [3.05, 3.63) is 60.2 Å². The van der Waals surface area contributed by atoms with E-state index in [4.69, 9.17) is 10.00 Å². The summed E-state index contributed by atoms with van der Waals surface area (Å²) in [6.45, 7) is 2.87. The van der Waals surface area contributed by atoms with Crippen molar-refractivity contribution >= 4 is 10.0 Å². The van der Waals surface area contributed by atoms with Crippen molar-refractivity contribution in [1.82, 2.24) is 9.62 Å². The Bertz CT molecular complexity index is 886. The predicted octanol–water partition coefficient (Wildman–Crippen LogP) is 2.38. The Morgan fingerprint density at radius 1 is 1.07 bits per heavy atom. The zero-order valence-corrected chi connectivity index (χ0v) is 15.9. The number of sulfonamides is 1. The minimum atomic E-state index is -3.46. The number of nitrogens with one attached hydrogen (secondary N) is 1. The first-order valence-electron chi connectivity index (χ1n) is 9.00. The van der Waals surface area contributed by atoms with E-state index >= 15 is 0 Å². The Kier molecular flexibility index (Phi) is 6.45. The molecule has 0 radical (unpaired) electrons. The lowest BCUT2D eigenvalue weighted by Crippen LogP contribution is -2.45. The third-order valence-corrected chi connectivity index (χ3v) is 6.17. The van der Waals surface area contributed by atoms with Crippen LogP contribution in [0.15, 0.2) is 59.5 Å². The van der Waals surface area contributed by atoms with E-state index in [1.54, 1.807) is 42.5 Å². The molecule has 1 aliphatic heterocycles. The molecule has 3 rings (SSSR count). The maximum absolute atomic E-state index is 12.4. The molecule has 0 aromatic heterocycles. The van der Waals surface area contributed by atoms with Crippen LogP contribution in [0, 0.1) is 11.3 Å². The summed E-state index contributed by atoms with van der Waals surface area (Å²) in [5.41, 5.74) is 0.534. The average Bonchev–Trinajstić information content (AvgIpc) is 2.70. The second-order valence-corrected chi connectivity index (χ2v) is 8.22. The van der Waals surface area contributed by atoms with E-state index in [0.717, 1.165) is 32.5 Å². The molecule has 1 fully saturated rings. The van der Waals surface area contributed by atoms with E-state index in [1.807, 2.05) is 12.1 Å². The molecular formula is C20H23N3O3S. The van der Waals surface area contributed by atoms with Crippen LogP contribution in [0.4, 0.5) is 0 Å². The number of hydrogen-bond donors (Lipinski definition) is 1. The van der Waals surface area contributed by atoms with Crippen molar-refractivity contribution in [3.63, 3.8) is 0 Å². The van der Waals surface area contributed by atoms with Crippen LogP contribution in [-0.2, 0) is 10.0 Å². The highest BCUT2D eigenvalue weighted by Crippen LogP contribution is 2.17. The normalized spacial score (nSPS) is 16.0. The van der Waals surface area contributed by atoms with Crippen LogP contribution in [0.5, 0.6) is 5.75 Å². The predicted molar refractivity (Wildman–Crippen MR) is 103 cm³/mol. The first-order valence-corrected chi connectivity index (χ1v) is 10.5. The van der Waals surface area contributed by atoms with Gasteiger partial charge in [-0.1, -0.05) is 30.3 Å². The minimum Gasteiger partial charge on any atom is -0.491 e. The van der Waals surface area contributed by atoms with Crippen molar-refractivity contribution < 1.29 is 13.2 Å². The SMILES string of the molecule is N#Cc1ccccc1OCCN1CCC(NS(=O)(=O)c2ccccc2)CC1. The van der Waals surface area contributed by atoms with Crippen molar-refractivity contribution in [2.24, 2.45) is 0 Å². The van der Waals surface area contributed by atoms with Gasteiger partial charge in [0.25, 0.3) is 0 Å². The van der Waals surface area contributed by atoms with Gasteiger partial charge in [0.15, 0.2) is 0 Å². The van der Waals surface area contributed by atoms with Gasteiger partial charge in [-0.25, -0.2) is 13.1 Å². The summed E-state index contributed by atoms with van der Waals surface area (Å²) in [7, 11) is -3.46. The lowest BCUT2D eigenvalue weighted by Gasteiger charge is -2.32. The molecular weight excluding hydrogens is 362 g/mol. The van der Waals surface area contributed by atoms with Gasteiger partial charge in [0.2, 0.25) is 10.0 Å². The van der Waals surface area contributed by atoms with Crippen LogP contribution in [0.25, 0.3) is 0 Å². The molecule has 27 heavy (non-hydrogen) atoms. The van der Waals surface area contributed by atoms with Crippen molar-refractivity contribution in [1.29, 1.82) is 5.26 Å². The van der Waals surface area contributed by atoms with Gasteiger partial charge in [-0.3, -0.25) is 4.90 Å². The molecule has 0 saturated carbocycles. The largest absolute Gasteiger partial charge is 0.491 e. The van der Waals surface area contributed by atoms with Gasteiger partial charge >= 0.3 is 0 Å². The number of hydrogen-bond acceptors (Lipinski definition) is 5. The number of benzene rings is 2. The zero-order chi connectivity index (χ0) is 19.1. The van der Waals surface area contributed by atoms with Crippen molar-refractivity contribution in [3.8, 4) is 11.8 Å². The van der Waals surface area contributed by atoms with Gasteiger partial charge in [-0.2, -0.15) is 5.26 Å². The van der Waals surface area contributed by atoms with Crippen LogP contribution in [0.1, 0.15) is 18.4 Å². The second kappa shape index (κ2) is 9.00. The fourth-order valence-electron chi connectivity index (χ4n) is 3.13. The smallest absolute Gasteiger partial charge is 0.240 e. The molecule has 0 unspecified atom stereocenters. The standard InChI is InChI=1S/C20H23N3O3S/c21-16-17-6-4-5-9-20(17)26-15-14-23-12-10-18(11-13-23)22-27(24,25)19-7-2-1-3-8-19/h1-9,18,22H,10-15H2. The highest BCUT2D eigenvalue weighted by Gasteiger charge is 2.24. The molecule has 0 atom stereocenters. The fourth-order valence-corrected chi connectivity index (χ4v) is 4.46. The van der Waals surface area contributed by atoms with Gasteiger partial charge in [0.1, 0.15) is 18.4 Å². The summed E-state index contributed by atoms with van der Waals surface area (Å²) in [6, 6.07) is 17.7. The van der Waals surface area contributed by atoms with E-state index in [2.05, 4.69) is 15.7 Å². The number of nitriles is 1. The average molecular weight is 385 g/mol. The quantitative estimate of drug-likeness (QED) is 0.791. The van der Waals surface area contributed by atoms with Crippen LogP contribution in [-0.4, -0.2) is 45.6 Å². The Morgan fingerprint density at radius 2 is 1.74 bits per heavy atom. The monoisotopic (exact) mass is 385 g/mol. The van der Waals surface area contributed by atoms with E-state index in [-0.39, 0.29) is 6.04 Å². The molecule has 7 heteroatoms. The number of rotatable bonds is 7. The second-order valence-electron chi connectivity index (χ2n) is 6.51. The number of likely N-dealkylation sites (tertiary alicyclic amines) is 1. The Morgan fingerprint density at radius 3 is 2.44 bits per heavy atom. The van der Waals surface area contributed by atoms with Gasteiger partial charge in [-0.15, -0.1) is 0 Å². The van der Waals surface area contributed by atoms with E-state index in [9.17, 15) is 8.42 Å². The Hall–Kier alpha value is -2.40. The molecule has 0 bridgehead atoms. The van der Waals surface area contributed by atoms with Gasteiger partial charge in [-0.05, 0) is 50.2 Å². The first kappa shape index (κ1) is 19.4. The molecule has 2 aromatic carbocycles. The lowest BCUT2D eigenvalue weighted by molar-refractivity contribution is 0.170. The third kappa shape index (κ3) is 5.30. The number of nitrogens with zero attached hydrogens (tertiary/aromatic N) is 2. The zero-order valence-electron chi connectivity index (χ0n) is 15.0. The van der Waals surface area contributed by atoms with Crippen molar-refractivity contribution in [2.45, 2.75) is 23.8 Å². The summed E-state index contributed by atoms with van der Waals surface area (Å²) >= 11 is 0. The molecule has 6 nitrogen and oxygen atoms in total. The van der Waals surface area contributed by atoms with Crippen LogP contribution < -0.4 is 9.46 Å². The number of para-hydroxylation sites is 1. The summed E-state index contributed by atoms with van der Waals surface area (Å²) < 4.78 is 33.3. The summed E-state index contributed by atoms with van der Waals surface area (Å²) in [5, 5.41) is 9.07. The molecule has 0 spiro atoms. The molecule has 0 amide bonds. The first-order chi connectivity index (χ1) is 13.1. The van der Waals surface area contributed by atoms with Crippen LogP contribution in [0.3, 0.4) is 0 Å². The highest BCUT2D eigenvalue weighted by molar-refractivity contribution is 7.89. The molecule has 1 N–H and O–H groups in total. The Labute approximate surface area is 160 Å². The maximum atomic E-state index is 12.4. The van der Waals surface area contributed by atoms with Gasteiger partial charge in [0, 0.05) is 12.6 Å².